The Kier molecular flexibility index (Phi) is 5.83. The van der Waals surface area contributed by atoms with Crippen LogP contribution in [-0.4, -0.2) is 35.8 Å². The lowest BCUT2D eigenvalue weighted by molar-refractivity contribution is -0.134. The van der Waals surface area contributed by atoms with Crippen molar-refractivity contribution in [1.29, 1.82) is 0 Å². The average Bonchev–Trinajstić information content (AvgIpc) is 2.69. The third kappa shape index (κ3) is 4.69. The van der Waals surface area contributed by atoms with Gasteiger partial charge in [-0.1, -0.05) is 48.5 Å². The summed E-state index contributed by atoms with van der Waals surface area (Å²) < 4.78 is 0. The van der Waals surface area contributed by atoms with Crippen molar-refractivity contribution in [3.05, 3.63) is 71.8 Å². The van der Waals surface area contributed by atoms with Crippen molar-refractivity contribution < 1.29 is 9.59 Å². The summed E-state index contributed by atoms with van der Waals surface area (Å²) in [5.74, 6) is -0.181. The monoisotopic (exact) mass is 336 g/mol. The van der Waals surface area contributed by atoms with E-state index in [4.69, 9.17) is 0 Å². The van der Waals surface area contributed by atoms with Crippen molar-refractivity contribution >= 4 is 11.8 Å². The lowest BCUT2D eigenvalue weighted by Gasteiger charge is -2.31. The zero-order valence-electron chi connectivity index (χ0n) is 14.4. The molecular formula is C21H24N2O2. The van der Waals surface area contributed by atoms with Gasteiger partial charge in [0.15, 0.2) is 0 Å². The van der Waals surface area contributed by atoms with E-state index in [1.54, 1.807) is 12.1 Å². The predicted molar refractivity (Wildman–Crippen MR) is 98.3 cm³/mol. The molecule has 1 saturated heterocycles. The van der Waals surface area contributed by atoms with Crippen LogP contribution in [0.3, 0.4) is 0 Å². The molecule has 0 bridgehead atoms. The van der Waals surface area contributed by atoms with Crippen molar-refractivity contribution in [2.45, 2.75) is 31.7 Å². The normalized spacial score (nSPS) is 15.4. The zero-order valence-corrected chi connectivity index (χ0v) is 14.4. The van der Waals surface area contributed by atoms with Crippen molar-refractivity contribution in [1.82, 2.24) is 10.2 Å². The van der Waals surface area contributed by atoms with Gasteiger partial charge in [-0.3, -0.25) is 9.59 Å². The van der Waals surface area contributed by atoms with Gasteiger partial charge in [-0.15, -0.1) is 0 Å². The molecule has 1 fully saturated rings. The Morgan fingerprint density at radius 3 is 2.12 bits per heavy atom. The van der Waals surface area contributed by atoms with Crippen LogP contribution < -0.4 is 5.32 Å². The maximum absolute atomic E-state index is 13.0. The fraction of sp³-hybridized carbons (Fsp3) is 0.333. The molecule has 4 nitrogen and oxygen atoms in total. The van der Waals surface area contributed by atoms with E-state index in [0.29, 0.717) is 12.0 Å². The quantitative estimate of drug-likeness (QED) is 0.912. The van der Waals surface area contributed by atoms with Crippen LogP contribution in [0.15, 0.2) is 60.7 Å². The highest BCUT2D eigenvalue weighted by Crippen LogP contribution is 2.13. The average molecular weight is 336 g/mol. The number of hydrogen-bond donors (Lipinski definition) is 1. The van der Waals surface area contributed by atoms with Gasteiger partial charge in [-0.05, 0) is 37.0 Å². The first-order valence-corrected chi connectivity index (χ1v) is 8.92. The molecule has 2 amide bonds. The highest BCUT2D eigenvalue weighted by atomic mass is 16.2. The number of piperidine rings is 1. The van der Waals surface area contributed by atoms with Gasteiger partial charge in [0.25, 0.3) is 5.91 Å². The molecule has 25 heavy (non-hydrogen) atoms. The van der Waals surface area contributed by atoms with Gasteiger partial charge >= 0.3 is 0 Å². The molecule has 1 aliphatic rings. The molecule has 1 aliphatic heterocycles. The molecule has 0 unspecified atom stereocenters. The Morgan fingerprint density at radius 1 is 0.880 bits per heavy atom. The van der Waals surface area contributed by atoms with Gasteiger partial charge in [-0.25, -0.2) is 0 Å². The largest absolute Gasteiger partial charge is 0.341 e. The first kappa shape index (κ1) is 17.2. The number of likely N-dealkylation sites (tertiary alicyclic amines) is 1. The Balaban J connectivity index is 1.75. The highest BCUT2D eigenvalue weighted by Gasteiger charge is 2.27. The van der Waals surface area contributed by atoms with E-state index in [1.165, 1.54) is 6.42 Å². The molecule has 0 spiro atoms. The minimum absolute atomic E-state index is 0.0211. The van der Waals surface area contributed by atoms with Crippen LogP contribution in [-0.2, 0) is 11.2 Å². The Hall–Kier alpha value is -2.62. The number of rotatable bonds is 5. The first-order chi connectivity index (χ1) is 12.2. The third-order valence-corrected chi connectivity index (χ3v) is 4.59. The lowest BCUT2D eigenvalue weighted by atomic mass is 10.0. The topological polar surface area (TPSA) is 49.4 Å². The highest BCUT2D eigenvalue weighted by molar-refractivity contribution is 5.97. The van der Waals surface area contributed by atoms with Crippen molar-refractivity contribution in [3.8, 4) is 0 Å². The van der Waals surface area contributed by atoms with Crippen LogP contribution in [0.4, 0.5) is 0 Å². The van der Waals surface area contributed by atoms with Gasteiger partial charge in [0.2, 0.25) is 5.91 Å². The summed E-state index contributed by atoms with van der Waals surface area (Å²) in [6.45, 7) is 1.57. The van der Waals surface area contributed by atoms with Crippen LogP contribution in [0.5, 0.6) is 0 Å². The van der Waals surface area contributed by atoms with Gasteiger partial charge in [0.1, 0.15) is 6.04 Å². The molecule has 0 aromatic heterocycles. The second-order valence-corrected chi connectivity index (χ2v) is 6.47. The Bertz CT molecular complexity index is 694. The minimum Gasteiger partial charge on any atom is -0.341 e. The van der Waals surface area contributed by atoms with Crippen molar-refractivity contribution in [2.75, 3.05) is 13.1 Å². The summed E-state index contributed by atoms with van der Waals surface area (Å²) in [4.78, 5) is 27.4. The molecule has 2 aromatic rings. The summed E-state index contributed by atoms with van der Waals surface area (Å²) in [6.07, 6.45) is 3.76. The molecule has 1 atom stereocenters. The van der Waals surface area contributed by atoms with Gasteiger partial charge < -0.3 is 10.2 Å². The molecule has 130 valence electrons. The lowest BCUT2D eigenvalue weighted by Crippen LogP contribution is -2.51. The van der Waals surface area contributed by atoms with E-state index < -0.39 is 6.04 Å². The summed E-state index contributed by atoms with van der Waals surface area (Å²) in [6, 6.07) is 18.4. The van der Waals surface area contributed by atoms with E-state index in [-0.39, 0.29) is 11.8 Å². The molecule has 1 N–H and O–H groups in total. The minimum atomic E-state index is -0.534. The van der Waals surface area contributed by atoms with Crippen LogP contribution in [0.1, 0.15) is 35.2 Å². The van der Waals surface area contributed by atoms with E-state index in [1.807, 2.05) is 53.4 Å². The summed E-state index contributed by atoms with van der Waals surface area (Å²) in [5, 5.41) is 2.95. The standard InChI is InChI=1S/C21H24N2O2/c24-20(18-12-6-2-7-13-18)22-19(16-17-10-4-1-5-11-17)21(25)23-14-8-3-9-15-23/h1-2,4-7,10-13,19H,3,8-9,14-16H2,(H,22,24)/t19-/m0/s1. The number of carbonyl (C=O) groups excluding carboxylic acids is 2. The molecule has 0 aliphatic carbocycles. The maximum Gasteiger partial charge on any atom is 0.251 e. The maximum atomic E-state index is 13.0. The van der Waals surface area contributed by atoms with Crippen molar-refractivity contribution in [2.24, 2.45) is 0 Å². The number of amides is 2. The van der Waals surface area contributed by atoms with Gasteiger partial charge in [0.05, 0.1) is 0 Å². The van der Waals surface area contributed by atoms with Crippen LogP contribution in [0, 0.1) is 0 Å². The van der Waals surface area contributed by atoms with E-state index in [9.17, 15) is 9.59 Å². The van der Waals surface area contributed by atoms with Crippen LogP contribution in [0.25, 0.3) is 0 Å². The predicted octanol–water partition coefficient (Wildman–Crippen LogP) is 3.04. The van der Waals surface area contributed by atoms with Crippen LogP contribution >= 0.6 is 0 Å². The Labute approximate surface area is 148 Å². The molecule has 2 aromatic carbocycles. The molecule has 3 rings (SSSR count). The fourth-order valence-corrected chi connectivity index (χ4v) is 3.22. The summed E-state index contributed by atoms with van der Waals surface area (Å²) >= 11 is 0. The number of nitrogens with zero attached hydrogens (tertiary/aromatic N) is 1. The fourth-order valence-electron chi connectivity index (χ4n) is 3.22. The van der Waals surface area contributed by atoms with Gasteiger partial charge in [-0.2, -0.15) is 0 Å². The van der Waals surface area contributed by atoms with Gasteiger partial charge in [0, 0.05) is 25.1 Å². The summed E-state index contributed by atoms with van der Waals surface area (Å²) in [5.41, 5.74) is 1.62. The smallest absolute Gasteiger partial charge is 0.251 e. The molecule has 0 saturated carbocycles. The molecule has 4 heteroatoms. The summed E-state index contributed by atoms with van der Waals surface area (Å²) in [7, 11) is 0. The van der Waals surface area contributed by atoms with E-state index in [0.717, 1.165) is 31.5 Å². The first-order valence-electron chi connectivity index (χ1n) is 8.92. The van der Waals surface area contributed by atoms with Crippen molar-refractivity contribution in [3.63, 3.8) is 0 Å². The third-order valence-electron chi connectivity index (χ3n) is 4.59. The number of carbonyl (C=O) groups is 2. The number of hydrogen-bond acceptors (Lipinski definition) is 2. The zero-order chi connectivity index (χ0) is 17.5. The molecule has 0 radical (unpaired) electrons. The van der Waals surface area contributed by atoms with E-state index in [2.05, 4.69) is 5.32 Å². The molecular weight excluding hydrogens is 312 g/mol. The SMILES string of the molecule is O=C(N[C@@H](Cc1ccccc1)C(=O)N1CCCCC1)c1ccccc1. The molecule has 1 heterocycles. The van der Waals surface area contributed by atoms with Crippen LogP contribution in [0.2, 0.25) is 0 Å². The number of benzene rings is 2. The second kappa shape index (κ2) is 8.47. The van der Waals surface area contributed by atoms with E-state index >= 15 is 0 Å². The second-order valence-electron chi connectivity index (χ2n) is 6.47. The Morgan fingerprint density at radius 2 is 1.48 bits per heavy atom. The number of nitrogens with one attached hydrogen (secondary N) is 1.